The highest BCUT2D eigenvalue weighted by atomic mass is 35.5. The number of piperazine rings is 1. The van der Waals surface area contributed by atoms with E-state index in [0.717, 1.165) is 18.7 Å². The Kier molecular flexibility index (Phi) is 7.00. The van der Waals surface area contributed by atoms with Gasteiger partial charge >= 0.3 is 0 Å². The maximum atomic E-state index is 13.4. The largest absolute Gasteiger partial charge is 0.378 e. The fraction of sp³-hybridized carbons (Fsp3) is 0.636. The van der Waals surface area contributed by atoms with Crippen molar-refractivity contribution in [2.45, 2.75) is 44.3 Å². The number of hydrogen-bond donors (Lipinski definition) is 0. The van der Waals surface area contributed by atoms with Crippen LogP contribution in [-0.4, -0.2) is 90.5 Å². The van der Waals surface area contributed by atoms with Crippen molar-refractivity contribution >= 4 is 34.9 Å². The van der Waals surface area contributed by atoms with E-state index in [1.807, 2.05) is 11.0 Å². The number of hydrogen-bond acceptors (Lipinski definition) is 5. The van der Waals surface area contributed by atoms with Gasteiger partial charge in [-0.3, -0.25) is 19.4 Å². The molecular formula is C22H29Cl2N3O3. The van der Waals surface area contributed by atoms with Gasteiger partial charge < -0.3 is 9.64 Å². The summed E-state index contributed by atoms with van der Waals surface area (Å²) in [6.07, 6.45) is 2.66. The zero-order chi connectivity index (χ0) is 21.3. The highest BCUT2D eigenvalue weighted by Gasteiger charge is 2.47. The summed E-state index contributed by atoms with van der Waals surface area (Å²) >= 11 is 12.2. The molecule has 3 atom stereocenters. The molecule has 0 bridgehead atoms. The minimum atomic E-state index is 0.0280. The number of rotatable bonds is 5. The van der Waals surface area contributed by atoms with Crippen LogP contribution in [0.4, 0.5) is 0 Å². The predicted octanol–water partition coefficient (Wildman–Crippen LogP) is 2.50. The number of carbonyl (C=O) groups excluding carboxylic acids is 2. The first-order valence-electron chi connectivity index (χ1n) is 10.7. The molecule has 0 saturated carbocycles. The molecule has 3 unspecified atom stereocenters. The fourth-order valence-corrected chi connectivity index (χ4v) is 5.47. The summed E-state index contributed by atoms with van der Waals surface area (Å²) in [7, 11) is 0. The molecule has 3 aliphatic heterocycles. The molecule has 3 saturated heterocycles. The maximum absolute atomic E-state index is 13.4. The van der Waals surface area contributed by atoms with E-state index >= 15 is 0 Å². The summed E-state index contributed by atoms with van der Waals surface area (Å²) in [5.74, 6) is 0.240. The van der Waals surface area contributed by atoms with Crippen LogP contribution in [0.15, 0.2) is 18.2 Å². The van der Waals surface area contributed by atoms with Gasteiger partial charge in [0.15, 0.2) is 0 Å². The van der Waals surface area contributed by atoms with Gasteiger partial charge in [-0.25, -0.2) is 0 Å². The smallest absolute Gasteiger partial charge is 0.227 e. The van der Waals surface area contributed by atoms with Gasteiger partial charge in [-0.05, 0) is 50.6 Å². The number of fused-ring (bicyclic) bond motifs is 1. The SMILES string of the molecule is CC(=O)CN1CCN(C(=O)Cc2ccc(Cl)c(Cl)c2)C2C(N3CCCC3)COCC21. The van der Waals surface area contributed by atoms with Crippen molar-refractivity contribution in [1.29, 1.82) is 0 Å². The zero-order valence-corrected chi connectivity index (χ0v) is 18.9. The number of carbonyl (C=O) groups is 2. The monoisotopic (exact) mass is 453 g/mol. The molecule has 30 heavy (non-hydrogen) atoms. The van der Waals surface area contributed by atoms with E-state index < -0.39 is 0 Å². The van der Waals surface area contributed by atoms with Crippen molar-refractivity contribution in [2.24, 2.45) is 0 Å². The van der Waals surface area contributed by atoms with Crippen LogP contribution in [0.5, 0.6) is 0 Å². The van der Waals surface area contributed by atoms with Crippen molar-refractivity contribution in [3.8, 4) is 0 Å². The first kappa shape index (κ1) is 22.0. The van der Waals surface area contributed by atoms with Gasteiger partial charge in [0, 0.05) is 13.1 Å². The van der Waals surface area contributed by atoms with Crippen LogP contribution >= 0.6 is 23.2 Å². The summed E-state index contributed by atoms with van der Waals surface area (Å²) in [4.78, 5) is 32.0. The van der Waals surface area contributed by atoms with Crippen LogP contribution in [0.3, 0.4) is 0 Å². The van der Waals surface area contributed by atoms with Crippen LogP contribution in [0, 0.1) is 0 Å². The molecule has 0 spiro atoms. The Hall–Kier alpha value is -1.18. The van der Waals surface area contributed by atoms with Gasteiger partial charge in [0.25, 0.3) is 0 Å². The molecule has 1 aromatic rings. The number of benzene rings is 1. The normalized spacial score (nSPS) is 27.8. The van der Waals surface area contributed by atoms with Crippen LogP contribution in [0.25, 0.3) is 0 Å². The topological polar surface area (TPSA) is 53.1 Å². The quantitative estimate of drug-likeness (QED) is 0.685. The van der Waals surface area contributed by atoms with Crippen LogP contribution in [0.2, 0.25) is 10.0 Å². The van der Waals surface area contributed by atoms with E-state index in [9.17, 15) is 9.59 Å². The third-order valence-electron chi connectivity index (χ3n) is 6.52. The Labute approximate surface area is 188 Å². The Morgan fingerprint density at radius 2 is 1.77 bits per heavy atom. The second kappa shape index (κ2) is 9.53. The Bertz CT molecular complexity index is 800. The van der Waals surface area contributed by atoms with E-state index in [0.29, 0.717) is 49.3 Å². The molecule has 3 fully saturated rings. The van der Waals surface area contributed by atoms with Gasteiger partial charge in [-0.2, -0.15) is 0 Å². The van der Waals surface area contributed by atoms with Crippen molar-refractivity contribution < 1.29 is 14.3 Å². The highest BCUT2D eigenvalue weighted by molar-refractivity contribution is 6.42. The Morgan fingerprint density at radius 3 is 2.47 bits per heavy atom. The van der Waals surface area contributed by atoms with Crippen molar-refractivity contribution in [2.75, 3.05) is 45.9 Å². The van der Waals surface area contributed by atoms with Crippen LogP contribution in [-0.2, 0) is 20.7 Å². The van der Waals surface area contributed by atoms with Gasteiger partial charge in [-0.1, -0.05) is 29.3 Å². The third-order valence-corrected chi connectivity index (χ3v) is 7.26. The predicted molar refractivity (Wildman–Crippen MR) is 117 cm³/mol. The number of likely N-dealkylation sites (tertiary alicyclic amines) is 1. The second-order valence-electron chi connectivity index (χ2n) is 8.59. The maximum Gasteiger partial charge on any atom is 0.227 e. The Balaban J connectivity index is 1.57. The molecule has 0 N–H and O–H groups in total. The van der Waals surface area contributed by atoms with Gasteiger partial charge in [0.05, 0.1) is 54.4 Å². The lowest BCUT2D eigenvalue weighted by molar-refractivity contribution is -0.153. The second-order valence-corrected chi connectivity index (χ2v) is 9.41. The van der Waals surface area contributed by atoms with E-state index in [4.69, 9.17) is 27.9 Å². The van der Waals surface area contributed by atoms with E-state index in [-0.39, 0.29) is 29.8 Å². The highest BCUT2D eigenvalue weighted by Crippen LogP contribution is 2.30. The third kappa shape index (κ3) is 4.68. The summed E-state index contributed by atoms with van der Waals surface area (Å²) in [6.45, 7) is 6.61. The average molecular weight is 454 g/mol. The molecule has 4 rings (SSSR count). The molecule has 8 heteroatoms. The lowest BCUT2D eigenvalue weighted by Gasteiger charge is -2.54. The molecule has 1 aromatic carbocycles. The molecular weight excluding hydrogens is 425 g/mol. The average Bonchev–Trinajstić information content (AvgIpc) is 3.25. The number of Topliss-reactive ketones (excluding diaryl/α,β-unsaturated/α-hetero) is 1. The van der Waals surface area contributed by atoms with E-state index in [1.165, 1.54) is 12.8 Å². The summed E-state index contributed by atoms with van der Waals surface area (Å²) in [5.41, 5.74) is 0.863. The van der Waals surface area contributed by atoms with E-state index in [1.54, 1.807) is 19.1 Å². The summed E-state index contributed by atoms with van der Waals surface area (Å²) in [6, 6.07) is 5.60. The Morgan fingerprint density at radius 1 is 1.03 bits per heavy atom. The standard InChI is InChI=1S/C22H29Cl2N3O3/c1-15(28)12-26-8-9-27(21(29)11-16-4-5-17(23)18(24)10-16)22-19(13-30-14-20(22)26)25-6-2-3-7-25/h4-5,10,19-20,22H,2-3,6-9,11-14H2,1H3. The summed E-state index contributed by atoms with van der Waals surface area (Å²) in [5, 5.41) is 0.955. The fourth-order valence-electron chi connectivity index (χ4n) is 5.14. The number of ketones is 1. The molecule has 0 radical (unpaired) electrons. The molecule has 164 valence electrons. The number of amides is 1. The van der Waals surface area contributed by atoms with Gasteiger partial charge in [0.2, 0.25) is 5.91 Å². The van der Waals surface area contributed by atoms with Crippen LogP contribution < -0.4 is 0 Å². The number of ether oxygens (including phenoxy) is 1. The lowest BCUT2D eigenvalue weighted by Crippen LogP contribution is -2.71. The molecule has 6 nitrogen and oxygen atoms in total. The van der Waals surface area contributed by atoms with Crippen molar-refractivity contribution in [3.05, 3.63) is 33.8 Å². The molecule has 1 amide bonds. The molecule has 0 aromatic heterocycles. The number of nitrogens with zero attached hydrogens (tertiary/aromatic N) is 3. The summed E-state index contributed by atoms with van der Waals surface area (Å²) < 4.78 is 5.99. The molecule has 3 aliphatic rings. The van der Waals surface area contributed by atoms with E-state index in [2.05, 4.69) is 9.80 Å². The van der Waals surface area contributed by atoms with Gasteiger partial charge in [-0.15, -0.1) is 0 Å². The van der Waals surface area contributed by atoms with Crippen molar-refractivity contribution in [3.63, 3.8) is 0 Å². The number of halogens is 2. The van der Waals surface area contributed by atoms with Crippen molar-refractivity contribution in [1.82, 2.24) is 14.7 Å². The first-order valence-corrected chi connectivity index (χ1v) is 11.5. The zero-order valence-electron chi connectivity index (χ0n) is 17.4. The minimum absolute atomic E-state index is 0.0280. The minimum Gasteiger partial charge on any atom is -0.378 e. The molecule has 0 aliphatic carbocycles. The molecule has 3 heterocycles. The van der Waals surface area contributed by atoms with Gasteiger partial charge in [0.1, 0.15) is 5.78 Å². The van der Waals surface area contributed by atoms with Crippen LogP contribution in [0.1, 0.15) is 25.3 Å². The lowest BCUT2D eigenvalue weighted by atomic mass is 9.90. The first-order chi connectivity index (χ1) is 14.4.